The fraction of sp³-hybridized carbons (Fsp3) is 0.379. The average molecular weight is 557 g/mol. The van der Waals surface area contributed by atoms with E-state index in [0.29, 0.717) is 28.8 Å². The zero-order chi connectivity index (χ0) is 28.8. The van der Waals surface area contributed by atoms with Gasteiger partial charge in [0.1, 0.15) is 18.5 Å². The minimum Gasteiger partial charge on any atom is -0.379 e. The summed E-state index contributed by atoms with van der Waals surface area (Å²) in [7, 11) is 0. The number of anilines is 4. The number of carbonyl (C=O) groups excluding carboxylic acids is 1. The molecule has 1 saturated heterocycles. The Morgan fingerprint density at radius 3 is 2.63 bits per heavy atom. The number of aryl methyl sites for hydroxylation is 1. The topological polar surface area (TPSA) is 135 Å². The molecule has 3 aromatic heterocycles. The van der Waals surface area contributed by atoms with Gasteiger partial charge in [-0.1, -0.05) is 26.8 Å². The highest BCUT2D eigenvalue weighted by molar-refractivity contribution is 6.04. The molecule has 214 valence electrons. The van der Waals surface area contributed by atoms with Crippen LogP contribution in [0.5, 0.6) is 0 Å². The minimum absolute atomic E-state index is 0.156. The number of nitrogens with zero attached hydrogens (tertiary/aromatic N) is 7. The number of hydrogen-bond acceptors (Lipinski definition) is 10. The lowest BCUT2D eigenvalue weighted by atomic mass is 9.91. The van der Waals surface area contributed by atoms with Crippen LogP contribution in [-0.4, -0.2) is 79.9 Å². The van der Waals surface area contributed by atoms with Gasteiger partial charge in [-0.3, -0.25) is 14.7 Å². The number of benzene rings is 1. The Morgan fingerprint density at radius 1 is 1.00 bits per heavy atom. The Kier molecular flexibility index (Phi) is 8.50. The zero-order valence-electron chi connectivity index (χ0n) is 23.9. The summed E-state index contributed by atoms with van der Waals surface area (Å²) in [4.78, 5) is 33.0. The smallest absolute Gasteiger partial charge is 0.255 e. The van der Waals surface area contributed by atoms with Crippen LogP contribution in [0.3, 0.4) is 0 Å². The van der Waals surface area contributed by atoms with Crippen LogP contribution in [0, 0.1) is 6.92 Å². The molecule has 1 fully saturated rings. The maximum absolute atomic E-state index is 13.0. The molecule has 12 heteroatoms. The van der Waals surface area contributed by atoms with Crippen molar-refractivity contribution in [2.24, 2.45) is 0 Å². The SMILES string of the molecule is Cc1ccc(NC(=O)c2ccnc(C(C)(C)C)c2)cc1Nc1ncnn1-c1cc(NCCN2CCOCC2)ncn1. The highest BCUT2D eigenvalue weighted by atomic mass is 16.5. The number of rotatable bonds is 9. The summed E-state index contributed by atoms with van der Waals surface area (Å²) in [6.45, 7) is 13.3. The van der Waals surface area contributed by atoms with E-state index in [0.717, 1.165) is 56.3 Å². The lowest BCUT2D eigenvalue weighted by molar-refractivity contribution is 0.0398. The molecule has 0 bridgehead atoms. The molecule has 5 rings (SSSR count). The summed E-state index contributed by atoms with van der Waals surface area (Å²) in [6, 6.07) is 11.1. The predicted octanol–water partition coefficient (Wildman–Crippen LogP) is 3.80. The van der Waals surface area contributed by atoms with E-state index in [9.17, 15) is 4.79 Å². The summed E-state index contributed by atoms with van der Waals surface area (Å²) in [5.41, 5.74) is 3.66. The van der Waals surface area contributed by atoms with Crippen molar-refractivity contribution >= 4 is 29.0 Å². The molecule has 0 aliphatic carbocycles. The Morgan fingerprint density at radius 2 is 1.83 bits per heavy atom. The molecule has 1 aromatic carbocycles. The van der Waals surface area contributed by atoms with Crippen molar-refractivity contribution < 1.29 is 9.53 Å². The molecule has 12 nitrogen and oxygen atoms in total. The number of hydrogen-bond donors (Lipinski definition) is 3. The molecule has 3 N–H and O–H groups in total. The number of amides is 1. The Bertz CT molecular complexity index is 1490. The van der Waals surface area contributed by atoms with Gasteiger partial charge in [-0.25, -0.2) is 9.97 Å². The van der Waals surface area contributed by atoms with E-state index < -0.39 is 0 Å². The number of morpholine rings is 1. The molecule has 0 spiro atoms. The van der Waals surface area contributed by atoms with E-state index in [1.54, 1.807) is 16.9 Å². The fourth-order valence-electron chi connectivity index (χ4n) is 4.36. The molecule has 1 aliphatic heterocycles. The maximum Gasteiger partial charge on any atom is 0.255 e. The molecular formula is C29H36N10O2. The van der Waals surface area contributed by atoms with Crippen LogP contribution in [0.15, 0.2) is 55.2 Å². The van der Waals surface area contributed by atoms with Gasteiger partial charge < -0.3 is 20.7 Å². The van der Waals surface area contributed by atoms with Crippen LogP contribution < -0.4 is 16.0 Å². The number of pyridine rings is 1. The highest BCUT2D eigenvalue weighted by Gasteiger charge is 2.18. The van der Waals surface area contributed by atoms with Crippen molar-refractivity contribution in [3.05, 3.63) is 72.1 Å². The maximum atomic E-state index is 13.0. The van der Waals surface area contributed by atoms with Gasteiger partial charge >= 0.3 is 0 Å². The van der Waals surface area contributed by atoms with E-state index in [2.05, 4.69) is 66.7 Å². The number of carbonyl (C=O) groups is 1. The number of aromatic nitrogens is 6. The van der Waals surface area contributed by atoms with E-state index in [4.69, 9.17) is 4.74 Å². The van der Waals surface area contributed by atoms with Crippen LogP contribution in [0.25, 0.3) is 5.82 Å². The average Bonchev–Trinajstić information content (AvgIpc) is 3.43. The first-order valence-electron chi connectivity index (χ1n) is 13.7. The van der Waals surface area contributed by atoms with Crippen molar-refractivity contribution in [2.75, 3.05) is 55.3 Å². The normalized spacial score (nSPS) is 14.0. The summed E-state index contributed by atoms with van der Waals surface area (Å²) in [6.07, 6.45) is 4.64. The third-order valence-electron chi connectivity index (χ3n) is 6.79. The van der Waals surface area contributed by atoms with Gasteiger partial charge in [0.2, 0.25) is 5.95 Å². The zero-order valence-corrected chi connectivity index (χ0v) is 23.9. The largest absolute Gasteiger partial charge is 0.379 e. The number of ether oxygens (including phenoxy) is 1. The third-order valence-corrected chi connectivity index (χ3v) is 6.79. The van der Waals surface area contributed by atoms with Gasteiger partial charge in [0, 0.05) is 66.5 Å². The molecular weight excluding hydrogens is 520 g/mol. The molecule has 0 unspecified atom stereocenters. The Labute approximate surface area is 239 Å². The van der Waals surface area contributed by atoms with Crippen molar-refractivity contribution in [2.45, 2.75) is 33.1 Å². The fourth-order valence-corrected chi connectivity index (χ4v) is 4.36. The molecule has 41 heavy (non-hydrogen) atoms. The first-order valence-corrected chi connectivity index (χ1v) is 13.7. The quantitative estimate of drug-likeness (QED) is 0.279. The number of nitrogens with one attached hydrogen (secondary N) is 3. The van der Waals surface area contributed by atoms with Crippen LogP contribution in [0.4, 0.5) is 23.1 Å². The molecule has 1 aliphatic rings. The van der Waals surface area contributed by atoms with E-state index >= 15 is 0 Å². The third kappa shape index (κ3) is 7.21. The van der Waals surface area contributed by atoms with Gasteiger partial charge in [0.15, 0.2) is 5.82 Å². The van der Waals surface area contributed by atoms with Gasteiger partial charge in [-0.15, -0.1) is 0 Å². The summed E-state index contributed by atoms with van der Waals surface area (Å²) in [5, 5.41) is 14.1. The lowest BCUT2D eigenvalue weighted by Crippen LogP contribution is -2.39. The second kappa shape index (κ2) is 12.4. The van der Waals surface area contributed by atoms with Crippen molar-refractivity contribution in [3.63, 3.8) is 0 Å². The van der Waals surface area contributed by atoms with Gasteiger partial charge in [0.05, 0.1) is 13.2 Å². The van der Waals surface area contributed by atoms with Crippen LogP contribution in [0.2, 0.25) is 0 Å². The first kappa shape index (κ1) is 28.1. The van der Waals surface area contributed by atoms with Crippen LogP contribution in [-0.2, 0) is 10.2 Å². The molecule has 4 heterocycles. The standard InChI is InChI=1S/C29H36N10O2/c1-20-5-6-22(36-27(40)21-7-8-30-24(15-21)29(2,3)4)16-23(20)37-28-34-19-35-39(28)26-17-25(32-18-33-26)31-9-10-38-11-13-41-14-12-38/h5-8,15-19H,9-14H2,1-4H3,(H,36,40)(H,31,32,33)(H,34,35,37). The molecule has 0 atom stereocenters. The predicted molar refractivity (Wildman–Crippen MR) is 158 cm³/mol. The van der Waals surface area contributed by atoms with E-state index in [-0.39, 0.29) is 11.3 Å². The highest BCUT2D eigenvalue weighted by Crippen LogP contribution is 2.26. The minimum atomic E-state index is -0.203. The first-order chi connectivity index (χ1) is 19.8. The Balaban J connectivity index is 1.27. The van der Waals surface area contributed by atoms with Gasteiger partial charge in [-0.2, -0.15) is 14.8 Å². The second-order valence-electron chi connectivity index (χ2n) is 10.9. The van der Waals surface area contributed by atoms with Crippen LogP contribution in [0.1, 0.15) is 42.4 Å². The second-order valence-corrected chi connectivity index (χ2v) is 10.9. The molecule has 0 radical (unpaired) electrons. The molecule has 1 amide bonds. The van der Waals surface area contributed by atoms with Gasteiger partial charge in [0.25, 0.3) is 5.91 Å². The van der Waals surface area contributed by atoms with E-state index in [1.165, 1.54) is 12.7 Å². The lowest BCUT2D eigenvalue weighted by Gasteiger charge is -2.26. The van der Waals surface area contributed by atoms with Crippen LogP contribution >= 0.6 is 0 Å². The van der Waals surface area contributed by atoms with Crippen molar-refractivity contribution in [3.8, 4) is 5.82 Å². The van der Waals surface area contributed by atoms with E-state index in [1.807, 2.05) is 37.3 Å². The molecule has 0 saturated carbocycles. The van der Waals surface area contributed by atoms with Crippen molar-refractivity contribution in [1.29, 1.82) is 0 Å². The van der Waals surface area contributed by atoms with Crippen molar-refractivity contribution in [1.82, 2.24) is 34.6 Å². The summed E-state index contributed by atoms with van der Waals surface area (Å²) < 4.78 is 7.03. The monoisotopic (exact) mass is 556 g/mol. The van der Waals surface area contributed by atoms with Gasteiger partial charge in [-0.05, 0) is 36.8 Å². The summed E-state index contributed by atoms with van der Waals surface area (Å²) in [5.74, 6) is 1.56. The Hall–Kier alpha value is -4.42. The summed E-state index contributed by atoms with van der Waals surface area (Å²) >= 11 is 0. The molecule has 4 aromatic rings.